The van der Waals surface area contributed by atoms with E-state index >= 15 is 0 Å². The molecule has 2 unspecified atom stereocenters. The molecule has 0 aromatic heterocycles. The van der Waals surface area contributed by atoms with E-state index in [9.17, 15) is 39.4 Å². The summed E-state index contributed by atoms with van der Waals surface area (Å²) in [5.74, 6) is -1.84. The Morgan fingerprint density at radius 3 is 1.40 bits per heavy atom. The van der Waals surface area contributed by atoms with Crippen molar-refractivity contribution >= 4 is 59.0 Å². The molecule has 2 heterocycles. The van der Waals surface area contributed by atoms with Gasteiger partial charge in [-0.25, -0.2) is 0 Å². The number of nitrogens with one attached hydrogen (secondary N) is 2. The topological polar surface area (TPSA) is 204 Å². The van der Waals surface area contributed by atoms with Gasteiger partial charge in [-0.3, -0.25) is 39.4 Å². The zero-order valence-electron chi connectivity index (χ0n) is 38.5. The molecule has 67 heavy (non-hydrogen) atoms. The van der Waals surface area contributed by atoms with Gasteiger partial charge in [-0.1, -0.05) is 100 Å². The summed E-state index contributed by atoms with van der Waals surface area (Å²) < 4.78 is 10.3. The van der Waals surface area contributed by atoms with Crippen LogP contribution in [0.5, 0.6) is 0 Å². The number of piperazine rings is 2. The largest absolute Gasteiger partial charge is 0.465 e. The Labute approximate surface area is 394 Å². The van der Waals surface area contributed by atoms with Crippen molar-refractivity contribution in [3.8, 4) is 22.3 Å². The predicted octanol–water partition coefficient (Wildman–Crippen LogP) is 7.99. The van der Waals surface area contributed by atoms with Crippen LogP contribution in [0.4, 0.5) is 11.4 Å². The van der Waals surface area contributed by atoms with Gasteiger partial charge in [-0.15, -0.1) is 0 Å². The van der Waals surface area contributed by atoms with Crippen LogP contribution in [-0.2, 0) is 28.7 Å². The quantitative estimate of drug-likeness (QED) is 0.0474. The lowest BCUT2D eigenvalue weighted by Gasteiger charge is -2.31. The van der Waals surface area contributed by atoms with Crippen LogP contribution >= 0.6 is 11.8 Å². The minimum absolute atomic E-state index is 0.0611. The van der Waals surface area contributed by atoms with Crippen molar-refractivity contribution in [1.82, 2.24) is 20.4 Å². The van der Waals surface area contributed by atoms with Gasteiger partial charge in [-0.05, 0) is 83.3 Å². The molecule has 352 valence electrons. The highest BCUT2D eigenvalue weighted by molar-refractivity contribution is 7.99. The number of nitro groups is 2. The Hall–Kier alpha value is -6.69. The monoisotopic (exact) mass is 932 g/mol. The molecule has 4 aromatic carbocycles. The van der Waals surface area contributed by atoms with E-state index in [1.54, 1.807) is 50.2 Å². The molecule has 2 aliphatic heterocycles. The number of nitrogens with zero attached hydrogens (tertiary/aromatic N) is 4. The standard InChI is InChI=1S/C50H56N6O10S/c1-7-65-49(59)39-29-53(27-25-51-39)43(57)23-19-33-17-21-41(47(55(61)62)45(33)37-15-11-9-13-35(37)31(3)4)67-42-22-18-34(20-24-44(58)54-28-26-52-40(30-54)50(60)66-8-2)46(48(42)56(63)64)38-16-12-10-14-36(38)32(5)6/h9-24,31-32,39-40,51-52H,7-8,25-30H2,1-6H3/b23-19+,24-20+. The van der Waals surface area contributed by atoms with Crippen LogP contribution in [0, 0.1) is 20.2 Å². The van der Waals surface area contributed by atoms with Crippen molar-refractivity contribution < 1.29 is 38.5 Å². The van der Waals surface area contributed by atoms with E-state index in [1.807, 2.05) is 52.0 Å². The first-order chi connectivity index (χ1) is 32.1. The van der Waals surface area contributed by atoms with Crippen molar-refractivity contribution in [1.29, 1.82) is 0 Å². The van der Waals surface area contributed by atoms with E-state index < -0.39 is 45.7 Å². The number of benzene rings is 4. The third-order valence-corrected chi connectivity index (χ3v) is 12.7. The summed E-state index contributed by atoms with van der Waals surface area (Å²) >= 11 is 0.886. The Kier molecular flexibility index (Phi) is 16.8. The maximum atomic E-state index is 13.6. The molecule has 17 heteroatoms. The average molecular weight is 933 g/mol. The van der Waals surface area contributed by atoms with Gasteiger partial charge >= 0.3 is 11.9 Å². The van der Waals surface area contributed by atoms with Gasteiger partial charge in [0.15, 0.2) is 0 Å². The lowest BCUT2D eigenvalue weighted by Crippen LogP contribution is -2.55. The highest BCUT2D eigenvalue weighted by Crippen LogP contribution is 2.50. The molecule has 0 spiro atoms. The van der Waals surface area contributed by atoms with Crippen LogP contribution in [0.1, 0.15) is 75.6 Å². The number of esters is 2. The van der Waals surface area contributed by atoms with Crippen molar-refractivity contribution in [3.05, 3.63) is 127 Å². The predicted molar refractivity (Wildman–Crippen MR) is 257 cm³/mol. The molecule has 2 aliphatic rings. The zero-order chi connectivity index (χ0) is 48.4. The Balaban J connectivity index is 1.47. The molecule has 16 nitrogen and oxygen atoms in total. The van der Waals surface area contributed by atoms with Crippen LogP contribution in [0.2, 0.25) is 0 Å². The number of rotatable bonds is 16. The minimum Gasteiger partial charge on any atom is -0.465 e. The van der Waals surface area contributed by atoms with E-state index in [0.29, 0.717) is 48.4 Å². The molecule has 6 rings (SSSR count). The highest BCUT2D eigenvalue weighted by atomic mass is 32.2. The molecule has 2 amide bonds. The summed E-state index contributed by atoms with van der Waals surface area (Å²) in [6.07, 6.45) is 5.73. The summed E-state index contributed by atoms with van der Waals surface area (Å²) in [5.41, 5.74) is 3.36. The van der Waals surface area contributed by atoms with Crippen LogP contribution in [0.15, 0.2) is 94.7 Å². The molecule has 0 aliphatic carbocycles. The van der Waals surface area contributed by atoms with Crippen LogP contribution in [0.3, 0.4) is 0 Å². The summed E-state index contributed by atoms with van der Waals surface area (Å²) in [5, 5.41) is 33.1. The second-order valence-electron chi connectivity index (χ2n) is 16.6. The highest BCUT2D eigenvalue weighted by Gasteiger charge is 2.33. The molecule has 0 bridgehead atoms. The van der Waals surface area contributed by atoms with Crippen molar-refractivity contribution in [2.75, 3.05) is 52.5 Å². The van der Waals surface area contributed by atoms with Gasteiger partial charge in [0.25, 0.3) is 11.4 Å². The molecule has 0 saturated carbocycles. The second-order valence-corrected chi connectivity index (χ2v) is 17.7. The summed E-state index contributed by atoms with van der Waals surface area (Å²) in [4.78, 5) is 81.4. The molecule has 2 fully saturated rings. The SMILES string of the molecule is CCOC(=O)C1CN(C(=O)/C=C/c2ccc(Sc3ccc(/C=C/C(=O)N4CCNC(C(=O)OCC)C4)c(-c4ccccc4C(C)C)c3[N+](=O)[O-])c([N+](=O)[O-])c2-c2ccccc2C(C)C)CCN1. The van der Waals surface area contributed by atoms with Gasteiger partial charge in [0.05, 0.1) is 44.0 Å². The summed E-state index contributed by atoms with van der Waals surface area (Å²) in [6, 6.07) is 19.6. The molecular formula is C50H56N6O10S. The molecule has 4 aromatic rings. The Morgan fingerprint density at radius 2 is 1.04 bits per heavy atom. The molecular weight excluding hydrogens is 877 g/mol. The third-order valence-electron chi connectivity index (χ3n) is 11.6. The maximum Gasteiger partial charge on any atom is 0.324 e. The number of amides is 2. The van der Waals surface area contributed by atoms with Crippen molar-refractivity contribution in [2.24, 2.45) is 0 Å². The molecule has 2 atom stereocenters. The number of hydrogen-bond acceptors (Lipinski definition) is 13. The number of hydrogen-bond donors (Lipinski definition) is 2. The first-order valence-corrected chi connectivity index (χ1v) is 23.2. The van der Waals surface area contributed by atoms with E-state index in [-0.39, 0.29) is 70.4 Å². The summed E-state index contributed by atoms with van der Waals surface area (Å²) in [7, 11) is 0. The number of carbonyl (C=O) groups excluding carboxylic acids is 4. The zero-order valence-corrected chi connectivity index (χ0v) is 39.3. The molecule has 2 N–H and O–H groups in total. The molecule has 2 saturated heterocycles. The van der Waals surface area contributed by atoms with Crippen LogP contribution in [0.25, 0.3) is 34.4 Å². The number of carbonyl (C=O) groups is 4. The van der Waals surface area contributed by atoms with E-state index in [4.69, 9.17) is 9.47 Å². The van der Waals surface area contributed by atoms with E-state index in [0.717, 1.165) is 22.9 Å². The first kappa shape index (κ1) is 49.7. The van der Waals surface area contributed by atoms with Crippen molar-refractivity contribution in [2.45, 2.75) is 75.3 Å². The maximum absolute atomic E-state index is 13.6. The van der Waals surface area contributed by atoms with Gasteiger partial charge in [0, 0.05) is 51.4 Å². The van der Waals surface area contributed by atoms with Crippen LogP contribution < -0.4 is 10.6 Å². The third kappa shape index (κ3) is 11.6. The molecule has 0 radical (unpaired) electrons. The lowest BCUT2D eigenvalue weighted by molar-refractivity contribution is -0.387. The van der Waals surface area contributed by atoms with Gasteiger partial charge in [0.1, 0.15) is 12.1 Å². The summed E-state index contributed by atoms with van der Waals surface area (Å²) in [6.45, 7) is 13.3. The number of ether oxygens (including phenoxy) is 2. The fraction of sp³-hybridized carbons (Fsp3) is 0.360. The average Bonchev–Trinajstić information content (AvgIpc) is 3.32. The fourth-order valence-corrected chi connectivity index (χ4v) is 9.41. The van der Waals surface area contributed by atoms with E-state index in [2.05, 4.69) is 10.6 Å². The van der Waals surface area contributed by atoms with Crippen LogP contribution in [-0.4, -0.2) is 108 Å². The Morgan fingerprint density at radius 1 is 0.657 bits per heavy atom. The fourth-order valence-electron chi connectivity index (χ4n) is 8.36. The second kappa shape index (κ2) is 22.7. The van der Waals surface area contributed by atoms with Crippen molar-refractivity contribution in [3.63, 3.8) is 0 Å². The lowest BCUT2D eigenvalue weighted by atomic mass is 9.89. The van der Waals surface area contributed by atoms with Gasteiger partial charge < -0.3 is 29.9 Å². The van der Waals surface area contributed by atoms with Gasteiger partial charge in [-0.2, -0.15) is 0 Å². The van der Waals surface area contributed by atoms with Gasteiger partial charge in [0.2, 0.25) is 11.8 Å². The normalized spacial score (nSPS) is 16.5. The smallest absolute Gasteiger partial charge is 0.324 e. The minimum atomic E-state index is -0.697. The van der Waals surface area contributed by atoms with E-state index in [1.165, 1.54) is 46.2 Å². The number of nitro benzene ring substituents is 2. The first-order valence-electron chi connectivity index (χ1n) is 22.4. The Bertz CT molecular complexity index is 2420.